The third kappa shape index (κ3) is 3.23. The van der Waals surface area contributed by atoms with Crippen molar-refractivity contribution in [3.63, 3.8) is 0 Å². The molecule has 0 fully saturated rings. The van der Waals surface area contributed by atoms with Gasteiger partial charge in [0.2, 0.25) is 0 Å². The van der Waals surface area contributed by atoms with Crippen LogP contribution in [0.2, 0.25) is 0 Å². The molecule has 0 amide bonds. The van der Waals surface area contributed by atoms with Crippen LogP contribution in [-0.4, -0.2) is 9.97 Å². The topological polar surface area (TPSA) is 55.3 Å². The highest BCUT2D eigenvalue weighted by Crippen LogP contribution is 2.46. The van der Waals surface area contributed by atoms with Gasteiger partial charge in [-0.15, -0.1) is 0 Å². The van der Waals surface area contributed by atoms with Crippen LogP contribution in [0.4, 0.5) is 17.1 Å². The Balaban J connectivity index is 1.39. The number of pyridine rings is 2. The van der Waals surface area contributed by atoms with Crippen LogP contribution in [0.25, 0.3) is 65.4 Å². The molecular formula is C36H21N3O2. The predicted molar refractivity (Wildman–Crippen MR) is 166 cm³/mol. The van der Waals surface area contributed by atoms with Crippen LogP contribution < -0.4 is 4.90 Å². The summed E-state index contributed by atoms with van der Waals surface area (Å²) in [5.41, 5.74) is 6.02. The van der Waals surface area contributed by atoms with E-state index >= 15 is 0 Å². The zero-order valence-corrected chi connectivity index (χ0v) is 21.8. The molecule has 5 aromatic carbocycles. The van der Waals surface area contributed by atoms with Gasteiger partial charge in [-0.2, -0.15) is 0 Å². The van der Waals surface area contributed by atoms with Gasteiger partial charge in [-0.25, -0.2) is 0 Å². The van der Waals surface area contributed by atoms with E-state index in [4.69, 9.17) is 13.8 Å². The van der Waals surface area contributed by atoms with E-state index in [0.29, 0.717) is 0 Å². The van der Waals surface area contributed by atoms with Gasteiger partial charge in [0.25, 0.3) is 0 Å². The molecule has 0 N–H and O–H groups in total. The van der Waals surface area contributed by atoms with Crippen molar-refractivity contribution in [2.24, 2.45) is 0 Å². The van der Waals surface area contributed by atoms with E-state index in [9.17, 15) is 0 Å². The van der Waals surface area contributed by atoms with E-state index in [1.54, 1.807) is 6.20 Å². The Kier molecular flexibility index (Phi) is 4.55. The average Bonchev–Trinajstić information content (AvgIpc) is 3.60. The van der Waals surface area contributed by atoms with Crippen molar-refractivity contribution in [1.29, 1.82) is 0 Å². The third-order valence-corrected chi connectivity index (χ3v) is 8.01. The molecule has 0 aliphatic carbocycles. The first kappa shape index (κ1) is 22.2. The Morgan fingerprint density at radius 1 is 0.488 bits per heavy atom. The number of rotatable bonds is 3. The molecule has 0 saturated heterocycles. The summed E-state index contributed by atoms with van der Waals surface area (Å²) in [6, 6.07) is 35.7. The van der Waals surface area contributed by atoms with Crippen molar-refractivity contribution >= 4 is 82.5 Å². The zero-order valence-electron chi connectivity index (χ0n) is 21.8. The molecule has 4 aromatic heterocycles. The number of hydrogen-bond donors (Lipinski definition) is 0. The molecule has 4 heterocycles. The average molecular weight is 528 g/mol. The first-order valence-electron chi connectivity index (χ1n) is 13.6. The molecule has 0 bridgehead atoms. The molecule has 0 spiro atoms. The second kappa shape index (κ2) is 8.41. The number of fused-ring (bicyclic) bond motifs is 9. The van der Waals surface area contributed by atoms with Gasteiger partial charge in [0.15, 0.2) is 5.58 Å². The fourth-order valence-corrected chi connectivity index (χ4v) is 6.17. The van der Waals surface area contributed by atoms with Crippen LogP contribution in [0.5, 0.6) is 0 Å². The second-order valence-electron chi connectivity index (χ2n) is 10.3. The number of aromatic nitrogens is 2. The van der Waals surface area contributed by atoms with Crippen LogP contribution in [-0.2, 0) is 0 Å². The normalized spacial score (nSPS) is 11.9. The van der Waals surface area contributed by atoms with Crippen molar-refractivity contribution in [2.75, 3.05) is 4.90 Å². The number of anilines is 3. The molecule has 9 rings (SSSR count). The lowest BCUT2D eigenvalue weighted by Gasteiger charge is -2.26. The summed E-state index contributed by atoms with van der Waals surface area (Å²) < 4.78 is 12.8. The first-order chi connectivity index (χ1) is 20.3. The maximum absolute atomic E-state index is 6.52. The molecule has 5 heteroatoms. The Hall–Kier alpha value is -5.68. The molecule has 0 saturated carbocycles. The summed E-state index contributed by atoms with van der Waals surface area (Å²) in [7, 11) is 0. The van der Waals surface area contributed by atoms with Gasteiger partial charge in [0.1, 0.15) is 22.4 Å². The van der Waals surface area contributed by atoms with E-state index < -0.39 is 0 Å². The highest BCUT2D eigenvalue weighted by atomic mass is 16.3. The number of furan rings is 2. The van der Waals surface area contributed by atoms with Crippen LogP contribution in [0.3, 0.4) is 0 Å². The van der Waals surface area contributed by atoms with E-state index in [1.165, 1.54) is 16.2 Å². The minimum atomic E-state index is 0.780. The molecule has 9 aromatic rings. The van der Waals surface area contributed by atoms with Crippen molar-refractivity contribution in [3.05, 3.63) is 128 Å². The Morgan fingerprint density at radius 2 is 1.27 bits per heavy atom. The molecule has 0 atom stereocenters. The Labute approximate surface area is 233 Å². The highest BCUT2D eigenvalue weighted by Gasteiger charge is 2.23. The highest BCUT2D eigenvalue weighted by molar-refractivity contribution is 6.16. The molecule has 41 heavy (non-hydrogen) atoms. The quantitative estimate of drug-likeness (QED) is 0.214. The van der Waals surface area contributed by atoms with Crippen LogP contribution >= 0.6 is 0 Å². The second-order valence-corrected chi connectivity index (χ2v) is 10.3. The van der Waals surface area contributed by atoms with Crippen molar-refractivity contribution < 1.29 is 8.83 Å². The smallest absolute Gasteiger partial charge is 0.162 e. The summed E-state index contributed by atoms with van der Waals surface area (Å²) in [6.45, 7) is 0. The minimum absolute atomic E-state index is 0.780. The maximum atomic E-state index is 6.52. The van der Waals surface area contributed by atoms with Crippen LogP contribution in [0.1, 0.15) is 0 Å². The van der Waals surface area contributed by atoms with Crippen LogP contribution in [0.15, 0.2) is 137 Å². The molecular weight excluding hydrogens is 506 g/mol. The summed E-state index contributed by atoms with van der Waals surface area (Å²) in [5.74, 6) is 0. The predicted octanol–water partition coefficient (Wildman–Crippen LogP) is 10.1. The van der Waals surface area contributed by atoms with E-state index in [1.807, 2.05) is 55.0 Å². The SMILES string of the molecule is c1ccc2c(c1)ccc1cc(N(c3cncc4c3oc3ccccc34)c3cccc4oc5ccncc5c34)ccc12. The van der Waals surface area contributed by atoms with Gasteiger partial charge in [-0.1, -0.05) is 66.7 Å². The van der Waals surface area contributed by atoms with Gasteiger partial charge < -0.3 is 13.7 Å². The largest absolute Gasteiger partial charge is 0.456 e. The fraction of sp³-hybridized carbons (Fsp3) is 0. The van der Waals surface area contributed by atoms with Gasteiger partial charge in [-0.05, 0) is 57.9 Å². The number of hydrogen-bond acceptors (Lipinski definition) is 5. The molecule has 0 aliphatic rings. The van der Waals surface area contributed by atoms with Crippen LogP contribution in [0, 0.1) is 0 Å². The van der Waals surface area contributed by atoms with E-state index in [-0.39, 0.29) is 0 Å². The minimum Gasteiger partial charge on any atom is -0.456 e. The maximum Gasteiger partial charge on any atom is 0.162 e. The monoisotopic (exact) mass is 527 g/mol. The van der Waals surface area contributed by atoms with Crippen molar-refractivity contribution in [2.45, 2.75) is 0 Å². The van der Waals surface area contributed by atoms with Gasteiger partial charge in [0, 0.05) is 40.4 Å². The fourth-order valence-electron chi connectivity index (χ4n) is 6.17. The lowest BCUT2D eigenvalue weighted by molar-refractivity contribution is 0.667. The van der Waals surface area contributed by atoms with Crippen molar-refractivity contribution in [1.82, 2.24) is 9.97 Å². The summed E-state index contributed by atoms with van der Waals surface area (Å²) in [5, 5.41) is 8.78. The van der Waals surface area contributed by atoms with E-state index in [0.717, 1.165) is 66.3 Å². The summed E-state index contributed by atoms with van der Waals surface area (Å²) >= 11 is 0. The molecule has 192 valence electrons. The number of para-hydroxylation sites is 1. The lowest BCUT2D eigenvalue weighted by Crippen LogP contribution is -2.11. The number of nitrogens with zero attached hydrogens (tertiary/aromatic N) is 3. The van der Waals surface area contributed by atoms with Crippen molar-refractivity contribution in [3.8, 4) is 0 Å². The Morgan fingerprint density at radius 3 is 2.24 bits per heavy atom. The van der Waals surface area contributed by atoms with Gasteiger partial charge in [-0.3, -0.25) is 9.97 Å². The first-order valence-corrected chi connectivity index (χ1v) is 13.6. The van der Waals surface area contributed by atoms with E-state index in [2.05, 4.69) is 76.6 Å². The summed E-state index contributed by atoms with van der Waals surface area (Å²) in [4.78, 5) is 11.4. The Bertz CT molecular complexity index is 2450. The zero-order chi connectivity index (χ0) is 26.9. The molecule has 5 nitrogen and oxygen atoms in total. The third-order valence-electron chi connectivity index (χ3n) is 8.01. The van der Waals surface area contributed by atoms with Gasteiger partial charge in [0.05, 0.1) is 17.3 Å². The summed E-state index contributed by atoms with van der Waals surface area (Å²) in [6.07, 6.45) is 7.39. The lowest BCUT2D eigenvalue weighted by atomic mass is 10.0. The molecule has 0 unspecified atom stereocenters. The number of benzene rings is 5. The standard InChI is InChI=1S/C36H21N3O2/c1-2-7-25-22(6-1)12-13-23-18-24(14-15-26(23)25)39(30-9-5-11-34-35(30)29-20-37-17-16-33(29)40-34)31-21-38-19-28-27-8-3-4-10-32(27)41-36(28)31/h1-21H. The van der Waals surface area contributed by atoms with Gasteiger partial charge >= 0.3 is 0 Å². The molecule has 0 aliphatic heterocycles. The molecule has 0 radical (unpaired) electrons.